The SMILES string of the molecule is NCCCc1cnn(C2CCC2)c1Cl. The van der Waals surface area contributed by atoms with Crippen LogP contribution < -0.4 is 5.73 Å². The fourth-order valence-electron chi connectivity index (χ4n) is 1.73. The highest BCUT2D eigenvalue weighted by molar-refractivity contribution is 6.30. The molecule has 0 unspecified atom stereocenters. The Hall–Kier alpha value is -0.540. The molecule has 14 heavy (non-hydrogen) atoms. The molecule has 0 saturated heterocycles. The lowest BCUT2D eigenvalue weighted by Crippen LogP contribution is -2.18. The van der Waals surface area contributed by atoms with Gasteiger partial charge in [0.15, 0.2) is 0 Å². The zero-order valence-electron chi connectivity index (χ0n) is 8.25. The van der Waals surface area contributed by atoms with Gasteiger partial charge < -0.3 is 5.73 Å². The van der Waals surface area contributed by atoms with Crippen LogP contribution in [0.3, 0.4) is 0 Å². The zero-order chi connectivity index (χ0) is 9.97. The standard InChI is InChI=1S/C10H16ClN3/c11-10-8(3-2-6-12)7-13-14(10)9-4-1-5-9/h7,9H,1-6,12H2. The second-order valence-corrected chi connectivity index (χ2v) is 4.24. The molecule has 0 atom stereocenters. The Morgan fingerprint density at radius 2 is 2.36 bits per heavy atom. The summed E-state index contributed by atoms with van der Waals surface area (Å²) in [6.45, 7) is 0.713. The van der Waals surface area contributed by atoms with Crippen molar-refractivity contribution >= 4 is 11.6 Å². The number of aromatic nitrogens is 2. The van der Waals surface area contributed by atoms with Crippen LogP contribution in [0.4, 0.5) is 0 Å². The van der Waals surface area contributed by atoms with Crippen molar-refractivity contribution in [3.63, 3.8) is 0 Å². The van der Waals surface area contributed by atoms with Crippen LogP contribution in [0.15, 0.2) is 6.20 Å². The maximum absolute atomic E-state index is 6.23. The van der Waals surface area contributed by atoms with Crippen LogP contribution in [0.1, 0.15) is 37.3 Å². The smallest absolute Gasteiger partial charge is 0.130 e. The van der Waals surface area contributed by atoms with Crippen molar-refractivity contribution in [2.75, 3.05) is 6.54 Å². The molecular weight excluding hydrogens is 198 g/mol. The molecule has 4 heteroatoms. The number of aryl methyl sites for hydroxylation is 1. The monoisotopic (exact) mass is 213 g/mol. The van der Waals surface area contributed by atoms with Gasteiger partial charge in [-0.25, -0.2) is 0 Å². The van der Waals surface area contributed by atoms with Gasteiger partial charge in [0.05, 0.1) is 12.2 Å². The second kappa shape index (κ2) is 4.32. The molecule has 0 amide bonds. The van der Waals surface area contributed by atoms with Gasteiger partial charge >= 0.3 is 0 Å². The molecule has 2 N–H and O–H groups in total. The van der Waals surface area contributed by atoms with Crippen LogP contribution in [0.5, 0.6) is 0 Å². The van der Waals surface area contributed by atoms with Crippen molar-refractivity contribution < 1.29 is 0 Å². The Kier molecular flexibility index (Phi) is 3.08. The van der Waals surface area contributed by atoms with Crippen LogP contribution in [-0.2, 0) is 6.42 Å². The summed E-state index contributed by atoms with van der Waals surface area (Å²) < 4.78 is 1.97. The number of rotatable bonds is 4. The third-order valence-electron chi connectivity index (χ3n) is 2.87. The maximum Gasteiger partial charge on any atom is 0.130 e. The average molecular weight is 214 g/mol. The molecule has 78 valence electrons. The molecule has 0 radical (unpaired) electrons. The normalized spacial score (nSPS) is 17.0. The molecule has 0 aromatic carbocycles. The summed E-state index contributed by atoms with van der Waals surface area (Å²) in [6, 6.07) is 0.550. The fraction of sp³-hybridized carbons (Fsp3) is 0.700. The minimum atomic E-state index is 0.550. The van der Waals surface area contributed by atoms with Crippen LogP contribution in [0.25, 0.3) is 0 Å². The summed E-state index contributed by atoms with van der Waals surface area (Å²) in [5.74, 6) is 0. The minimum Gasteiger partial charge on any atom is -0.330 e. The van der Waals surface area contributed by atoms with Gasteiger partial charge in [-0.15, -0.1) is 0 Å². The lowest BCUT2D eigenvalue weighted by molar-refractivity contribution is 0.289. The van der Waals surface area contributed by atoms with E-state index in [1.54, 1.807) is 0 Å². The van der Waals surface area contributed by atoms with E-state index in [4.69, 9.17) is 17.3 Å². The number of hydrogen-bond acceptors (Lipinski definition) is 2. The van der Waals surface area contributed by atoms with Gasteiger partial charge in [-0.05, 0) is 38.6 Å². The summed E-state index contributed by atoms with van der Waals surface area (Å²) in [4.78, 5) is 0. The van der Waals surface area contributed by atoms with Crippen molar-refractivity contribution in [2.45, 2.75) is 38.1 Å². The highest BCUT2D eigenvalue weighted by Gasteiger charge is 2.23. The predicted octanol–water partition coefficient (Wildman–Crippen LogP) is 2.15. The van der Waals surface area contributed by atoms with E-state index in [0.717, 1.165) is 23.6 Å². The van der Waals surface area contributed by atoms with E-state index < -0.39 is 0 Å². The number of nitrogens with zero attached hydrogens (tertiary/aromatic N) is 2. The number of halogens is 1. The highest BCUT2D eigenvalue weighted by atomic mass is 35.5. The summed E-state index contributed by atoms with van der Waals surface area (Å²) in [6.07, 6.45) is 7.56. The quantitative estimate of drug-likeness (QED) is 0.833. The first-order valence-corrected chi connectivity index (χ1v) is 5.62. The Bertz CT molecular complexity index is 304. The van der Waals surface area contributed by atoms with Crippen molar-refractivity contribution in [1.82, 2.24) is 9.78 Å². The molecule has 2 rings (SSSR count). The Labute approximate surface area is 89.2 Å². The van der Waals surface area contributed by atoms with E-state index in [9.17, 15) is 0 Å². The van der Waals surface area contributed by atoms with E-state index in [1.807, 2.05) is 10.9 Å². The largest absolute Gasteiger partial charge is 0.330 e. The number of nitrogens with two attached hydrogens (primary N) is 1. The molecular formula is C10H16ClN3. The Morgan fingerprint density at radius 1 is 1.57 bits per heavy atom. The molecule has 1 saturated carbocycles. The summed E-state index contributed by atoms with van der Waals surface area (Å²) >= 11 is 6.23. The van der Waals surface area contributed by atoms with Crippen molar-refractivity contribution in [3.05, 3.63) is 16.9 Å². The molecule has 1 aromatic rings. The molecule has 1 fully saturated rings. The zero-order valence-corrected chi connectivity index (χ0v) is 9.00. The molecule has 1 aromatic heterocycles. The van der Waals surface area contributed by atoms with Gasteiger partial charge in [-0.3, -0.25) is 4.68 Å². The van der Waals surface area contributed by atoms with Gasteiger partial charge in [0.25, 0.3) is 0 Å². The molecule has 1 aliphatic rings. The van der Waals surface area contributed by atoms with Crippen molar-refractivity contribution in [1.29, 1.82) is 0 Å². The first-order chi connectivity index (χ1) is 6.83. The first-order valence-electron chi connectivity index (χ1n) is 5.25. The fourth-order valence-corrected chi connectivity index (χ4v) is 2.05. The number of hydrogen-bond donors (Lipinski definition) is 1. The highest BCUT2D eigenvalue weighted by Crippen LogP contribution is 2.34. The van der Waals surface area contributed by atoms with Gasteiger partial charge in [0.1, 0.15) is 5.15 Å². The first kappa shape index (κ1) is 9.99. The molecule has 3 nitrogen and oxygen atoms in total. The third-order valence-corrected chi connectivity index (χ3v) is 3.29. The predicted molar refractivity (Wildman–Crippen MR) is 57.5 cm³/mol. The molecule has 1 heterocycles. The van der Waals surface area contributed by atoms with Crippen LogP contribution in [0.2, 0.25) is 5.15 Å². The van der Waals surface area contributed by atoms with Crippen molar-refractivity contribution in [2.24, 2.45) is 5.73 Å². The minimum absolute atomic E-state index is 0.550. The van der Waals surface area contributed by atoms with Gasteiger partial charge in [-0.1, -0.05) is 11.6 Å². The van der Waals surface area contributed by atoms with E-state index >= 15 is 0 Å². The van der Waals surface area contributed by atoms with Gasteiger partial charge in [0.2, 0.25) is 0 Å². The van der Waals surface area contributed by atoms with E-state index in [0.29, 0.717) is 12.6 Å². The summed E-state index contributed by atoms with van der Waals surface area (Å²) in [7, 11) is 0. The topological polar surface area (TPSA) is 43.8 Å². The average Bonchev–Trinajstić information content (AvgIpc) is 2.43. The second-order valence-electron chi connectivity index (χ2n) is 3.88. The third kappa shape index (κ3) is 1.79. The molecule has 1 aliphatic carbocycles. The molecule has 0 aliphatic heterocycles. The molecule has 0 bridgehead atoms. The van der Waals surface area contributed by atoms with Crippen LogP contribution in [-0.4, -0.2) is 16.3 Å². The van der Waals surface area contributed by atoms with E-state index in [-0.39, 0.29) is 0 Å². The van der Waals surface area contributed by atoms with Gasteiger partial charge in [0, 0.05) is 5.56 Å². The summed E-state index contributed by atoms with van der Waals surface area (Å²) in [5.41, 5.74) is 6.60. The Morgan fingerprint density at radius 3 is 2.93 bits per heavy atom. The van der Waals surface area contributed by atoms with E-state index in [2.05, 4.69) is 5.10 Å². The Balaban J connectivity index is 2.06. The maximum atomic E-state index is 6.23. The lowest BCUT2D eigenvalue weighted by Gasteiger charge is -2.26. The van der Waals surface area contributed by atoms with Crippen LogP contribution >= 0.6 is 11.6 Å². The molecule has 0 spiro atoms. The lowest BCUT2D eigenvalue weighted by atomic mass is 9.93. The van der Waals surface area contributed by atoms with E-state index in [1.165, 1.54) is 19.3 Å². The van der Waals surface area contributed by atoms with Gasteiger partial charge in [-0.2, -0.15) is 5.10 Å². The van der Waals surface area contributed by atoms with Crippen molar-refractivity contribution in [3.8, 4) is 0 Å². The summed E-state index contributed by atoms with van der Waals surface area (Å²) in [5, 5.41) is 5.16. The van der Waals surface area contributed by atoms with Crippen LogP contribution in [0, 0.1) is 0 Å².